The smallest absolute Gasteiger partial charge is 0.333 e. The van der Waals surface area contributed by atoms with Gasteiger partial charge in [0.25, 0.3) is 11.5 Å². The minimum atomic E-state index is -0.993. The lowest BCUT2D eigenvalue weighted by Gasteiger charge is -2.22. The van der Waals surface area contributed by atoms with Crippen LogP contribution in [0.5, 0.6) is 0 Å². The number of rotatable bonds is 7. The van der Waals surface area contributed by atoms with E-state index in [0.29, 0.717) is 18.7 Å². The number of amides is 1. The lowest BCUT2D eigenvalue weighted by Crippen LogP contribution is -2.40. The predicted octanol–water partition coefficient (Wildman–Crippen LogP) is 2.80. The number of hydrogen-bond acceptors (Lipinski definition) is 5. The van der Waals surface area contributed by atoms with Gasteiger partial charge in [-0.3, -0.25) is 9.59 Å². The third kappa shape index (κ3) is 5.41. The van der Waals surface area contributed by atoms with Crippen LogP contribution in [-0.2, 0) is 33.7 Å². The lowest BCUT2D eigenvalue weighted by molar-refractivity contribution is -0.143. The van der Waals surface area contributed by atoms with E-state index in [2.05, 4.69) is 5.32 Å². The molecule has 31 heavy (non-hydrogen) atoms. The summed E-state index contributed by atoms with van der Waals surface area (Å²) in [6.45, 7) is 0.768. The van der Waals surface area contributed by atoms with Gasteiger partial charge in [-0.15, -0.1) is 0 Å². The van der Waals surface area contributed by atoms with E-state index in [9.17, 15) is 14.4 Å². The third-order valence-corrected chi connectivity index (χ3v) is 5.71. The predicted molar refractivity (Wildman–Crippen MR) is 117 cm³/mol. The highest BCUT2D eigenvalue weighted by atomic mass is 16.5. The van der Waals surface area contributed by atoms with Crippen LogP contribution in [0.25, 0.3) is 0 Å². The monoisotopic (exact) mass is 426 g/mol. The molecule has 2 aromatic rings. The molecule has 1 atom stereocenters. The Balaban J connectivity index is 2.00. The first-order valence-electron chi connectivity index (χ1n) is 10.7. The number of benzene rings is 1. The first-order chi connectivity index (χ1) is 15.1. The molecule has 7 heteroatoms. The summed E-state index contributed by atoms with van der Waals surface area (Å²) in [5.41, 5.74) is 2.29. The van der Waals surface area contributed by atoms with Crippen molar-refractivity contribution in [3.8, 4) is 0 Å². The minimum Gasteiger partial charge on any atom is -0.467 e. The van der Waals surface area contributed by atoms with Crippen LogP contribution in [0.4, 0.5) is 0 Å². The minimum absolute atomic E-state index is 0.0419. The molecule has 3 rings (SSSR count). The Morgan fingerprint density at radius 1 is 1.06 bits per heavy atom. The first-order valence-corrected chi connectivity index (χ1v) is 10.7. The van der Waals surface area contributed by atoms with E-state index in [1.165, 1.54) is 7.11 Å². The summed E-state index contributed by atoms with van der Waals surface area (Å²) in [6, 6.07) is 9.57. The fourth-order valence-corrected chi connectivity index (χ4v) is 4.07. The van der Waals surface area contributed by atoms with E-state index in [0.717, 1.165) is 49.8 Å². The Hall–Kier alpha value is -2.93. The quantitative estimate of drug-likeness (QED) is 0.688. The molecule has 0 saturated carbocycles. The normalized spacial score (nSPS) is 14.6. The second-order valence-electron chi connectivity index (χ2n) is 7.73. The number of aryl methyl sites for hydroxylation is 1. The summed E-state index contributed by atoms with van der Waals surface area (Å²) < 4.78 is 11.7. The number of fused-ring (bicyclic) bond motifs is 1. The van der Waals surface area contributed by atoms with Gasteiger partial charge < -0.3 is 19.4 Å². The van der Waals surface area contributed by atoms with Crippen molar-refractivity contribution < 1.29 is 19.1 Å². The molecule has 1 aromatic carbocycles. The van der Waals surface area contributed by atoms with Gasteiger partial charge in [0.05, 0.1) is 13.7 Å². The SMILES string of the molecule is COCCn1c2c(cc(C(=O)NC(C(=O)OC)c3ccccc3)c1=O)CCCCCC2. The maximum atomic E-state index is 13.3. The van der Waals surface area contributed by atoms with Crippen molar-refractivity contribution in [3.63, 3.8) is 0 Å². The molecule has 0 spiro atoms. The molecule has 1 unspecified atom stereocenters. The first kappa shape index (κ1) is 22.7. The van der Waals surface area contributed by atoms with Gasteiger partial charge in [-0.25, -0.2) is 4.79 Å². The number of ether oxygens (including phenoxy) is 2. The van der Waals surface area contributed by atoms with Crippen molar-refractivity contribution in [2.45, 2.75) is 51.1 Å². The van der Waals surface area contributed by atoms with Crippen molar-refractivity contribution >= 4 is 11.9 Å². The third-order valence-electron chi connectivity index (χ3n) is 5.71. The fraction of sp³-hybridized carbons (Fsp3) is 0.458. The summed E-state index contributed by atoms with van der Waals surface area (Å²) in [7, 11) is 2.86. The van der Waals surface area contributed by atoms with Crippen LogP contribution < -0.4 is 10.9 Å². The van der Waals surface area contributed by atoms with Gasteiger partial charge in [-0.2, -0.15) is 0 Å². The highest BCUT2D eigenvalue weighted by Gasteiger charge is 2.27. The van der Waals surface area contributed by atoms with Crippen LogP contribution in [0, 0.1) is 0 Å². The zero-order valence-electron chi connectivity index (χ0n) is 18.2. The summed E-state index contributed by atoms with van der Waals surface area (Å²) in [5.74, 6) is -1.18. The molecule has 1 amide bonds. The zero-order valence-corrected chi connectivity index (χ0v) is 18.2. The number of pyridine rings is 1. The number of hydrogen-bond donors (Lipinski definition) is 1. The molecule has 0 fully saturated rings. The molecule has 1 aliphatic carbocycles. The topological polar surface area (TPSA) is 86.6 Å². The summed E-state index contributed by atoms with van der Waals surface area (Å²) in [6.07, 6.45) is 5.94. The highest BCUT2D eigenvalue weighted by molar-refractivity contribution is 5.97. The number of esters is 1. The second-order valence-corrected chi connectivity index (χ2v) is 7.73. The maximum Gasteiger partial charge on any atom is 0.333 e. The lowest BCUT2D eigenvalue weighted by atomic mass is 9.95. The van der Waals surface area contributed by atoms with Crippen molar-refractivity contribution in [3.05, 3.63) is 69.1 Å². The van der Waals surface area contributed by atoms with Crippen molar-refractivity contribution in [2.75, 3.05) is 20.8 Å². The van der Waals surface area contributed by atoms with Gasteiger partial charge in [0.15, 0.2) is 6.04 Å². The van der Waals surface area contributed by atoms with Crippen LogP contribution in [0.15, 0.2) is 41.2 Å². The van der Waals surface area contributed by atoms with E-state index in [-0.39, 0.29) is 11.1 Å². The van der Waals surface area contributed by atoms with Crippen molar-refractivity contribution in [1.29, 1.82) is 0 Å². The molecule has 7 nitrogen and oxygen atoms in total. The average Bonchev–Trinajstić information content (AvgIpc) is 2.77. The molecule has 0 aliphatic heterocycles. The van der Waals surface area contributed by atoms with Gasteiger partial charge >= 0.3 is 5.97 Å². The molecule has 1 aliphatic rings. The van der Waals surface area contributed by atoms with Gasteiger partial charge in [-0.1, -0.05) is 43.2 Å². The van der Waals surface area contributed by atoms with Crippen LogP contribution in [0.3, 0.4) is 0 Å². The second kappa shape index (κ2) is 10.9. The van der Waals surface area contributed by atoms with Crippen LogP contribution >= 0.6 is 0 Å². The molecular weight excluding hydrogens is 396 g/mol. The zero-order chi connectivity index (χ0) is 22.2. The molecular formula is C24H30N2O5. The highest BCUT2D eigenvalue weighted by Crippen LogP contribution is 2.21. The molecule has 1 N–H and O–H groups in total. The number of nitrogens with one attached hydrogen (secondary N) is 1. The van der Waals surface area contributed by atoms with Gasteiger partial charge in [0, 0.05) is 19.3 Å². The molecule has 0 saturated heterocycles. The van der Waals surface area contributed by atoms with E-state index in [1.54, 1.807) is 42.0 Å². The Morgan fingerprint density at radius 3 is 2.45 bits per heavy atom. The van der Waals surface area contributed by atoms with Crippen LogP contribution in [0.2, 0.25) is 0 Å². The average molecular weight is 427 g/mol. The summed E-state index contributed by atoms with van der Waals surface area (Å²) >= 11 is 0. The number of nitrogens with zero attached hydrogens (tertiary/aromatic N) is 1. The summed E-state index contributed by atoms with van der Waals surface area (Å²) in [5, 5.41) is 2.70. The van der Waals surface area contributed by atoms with E-state index in [4.69, 9.17) is 9.47 Å². The van der Waals surface area contributed by atoms with Crippen molar-refractivity contribution in [2.24, 2.45) is 0 Å². The Kier molecular flexibility index (Phi) is 8.00. The Labute approximate surface area is 182 Å². The molecule has 1 aromatic heterocycles. The van der Waals surface area contributed by atoms with E-state index in [1.807, 2.05) is 6.07 Å². The molecule has 0 bridgehead atoms. The van der Waals surface area contributed by atoms with Crippen molar-refractivity contribution in [1.82, 2.24) is 9.88 Å². The number of aromatic nitrogens is 1. The van der Waals surface area contributed by atoms with Gasteiger partial charge in [-0.05, 0) is 42.9 Å². The Morgan fingerprint density at radius 2 is 1.77 bits per heavy atom. The number of carbonyl (C=O) groups excluding carboxylic acids is 2. The number of carbonyl (C=O) groups is 2. The number of methoxy groups -OCH3 is 2. The fourth-order valence-electron chi connectivity index (χ4n) is 4.07. The van der Waals surface area contributed by atoms with E-state index >= 15 is 0 Å². The summed E-state index contributed by atoms with van der Waals surface area (Å²) in [4.78, 5) is 38.8. The molecule has 0 radical (unpaired) electrons. The van der Waals surface area contributed by atoms with E-state index < -0.39 is 17.9 Å². The molecule has 166 valence electrons. The van der Waals surface area contributed by atoms with Gasteiger partial charge in [0.2, 0.25) is 0 Å². The van der Waals surface area contributed by atoms with Crippen LogP contribution in [-0.4, -0.2) is 37.3 Å². The largest absolute Gasteiger partial charge is 0.467 e. The Bertz CT molecular complexity index is 968. The maximum absolute atomic E-state index is 13.3. The van der Waals surface area contributed by atoms with Crippen LogP contribution in [0.1, 0.15) is 58.9 Å². The molecule has 1 heterocycles. The standard InChI is InChI=1S/C24H30N2O5/c1-30-15-14-26-20-13-9-4-3-6-12-18(20)16-19(23(26)28)22(27)25-21(24(29)31-2)17-10-7-5-8-11-17/h5,7-8,10-11,16,21H,3-4,6,9,12-15H2,1-2H3,(H,25,27). The van der Waals surface area contributed by atoms with Gasteiger partial charge in [0.1, 0.15) is 5.56 Å².